The largest absolute Gasteiger partial charge is 0.325 e. The molecule has 0 unspecified atom stereocenters. The Balaban J connectivity index is 1.65. The third-order valence-electron chi connectivity index (χ3n) is 4.52. The lowest BCUT2D eigenvalue weighted by molar-refractivity contribution is -0.113. The molecule has 152 valence electrons. The zero-order chi connectivity index (χ0) is 21.3. The Bertz CT molecular complexity index is 1310. The van der Waals surface area contributed by atoms with Gasteiger partial charge in [-0.15, -0.1) is 11.3 Å². The maximum Gasteiger partial charge on any atom is 0.276 e. The predicted octanol–water partition coefficient (Wildman–Crippen LogP) is 5.45. The van der Waals surface area contributed by atoms with Crippen LogP contribution in [0.4, 0.5) is 5.69 Å². The monoisotopic (exact) mass is 455 g/mol. The van der Waals surface area contributed by atoms with Crippen LogP contribution in [-0.2, 0) is 4.79 Å². The molecule has 2 heterocycles. The van der Waals surface area contributed by atoms with E-state index >= 15 is 0 Å². The van der Waals surface area contributed by atoms with Gasteiger partial charge in [-0.3, -0.25) is 14.2 Å². The van der Waals surface area contributed by atoms with Crippen LogP contribution in [0.25, 0.3) is 15.9 Å². The SMILES string of the molecule is Cc1ccc(C)c(NC(=O)CSc2nc3ccsc3c(=O)n2-c2cccc(Cl)c2)c1. The highest BCUT2D eigenvalue weighted by atomic mass is 35.5. The highest BCUT2D eigenvalue weighted by molar-refractivity contribution is 7.99. The van der Waals surface area contributed by atoms with Crippen molar-refractivity contribution in [2.24, 2.45) is 0 Å². The molecular weight excluding hydrogens is 438 g/mol. The summed E-state index contributed by atoms with van der Waals surface area (Å²) in [4.78, 5) is 30.3. The molecule has 8 heteroatoms. The summed E-state index contributed by atoms with van der Waals surface area (Å²) in [6.07, 6.45) is 0. The van der Waals surface area contributed by atoms with Crippen LogP contribution in [0.1, 0.15) is 11.1 Å². The smallest absolute Gasteiger partial charge is 0.276 e. The highest BCUT2D eigenvalue weighted by Gasteiger charge is 2.16. The molecule has 1 amide bonds. The maximum atomic E-state index is 13.1. The summed E-state index contributed by atoms with van der Waals surface area (Å²) in [7, 11) is 0. The number of carbonyl (C=O) groups is 1. The second-order valence-corrected chi connectivity index (χ2v) is 9.10. The maximum absolute atomic E-state index is 13.1. The van der Waals surface area contributed by atoms with E-state index in [-0.39, 0.29) is 17.2 Å². The number of fused-ring (bicyclic) bond motifs is 1. The number of hydrogen-bond donors (Lipinski definition) is 1. The Morgan fingerprint density at radius 1 is 1.20 bits per heavy atom. The van der Waals surface area contributed by atoms with Gasteiger partial charge in [-0.25, -0.2) is 4.98 Å². The van der Waals surface area contributed by atoms with Gasteiger partial charge in [0.1, 0.15) is 4.70 Å². The second kappa shape index (κ2) is 8.63. The molecule has 0 saturated heterocycles. The Morgan fingerprint density at radius 3 is 2.83 bits per heavy atom. The zero-order valence-electron chi connectivity index (χ0n) is 16.3. The standard InChI is InChI=1S/C22H18ClN3O2S2/c1-13-6-7-14(2)18(10-13)24-19(27)12-30-22-25-17-8-9-29-20(17)21(28)26(22)16-5-3-4-15(23)11-16/h3-11H,12H2,1-2H3,(H,24,27). The van der Waals surface area contributed by atoms with Gasteiger partial charge >= 0.3 is 0 Å². The van der Waals surface area contributed by atoms with Gasteiger partial charge in [-0.1, -0.05) is 41.6 Å². The van der Waals surface area contributed by atoms with Gasteiger partial charge < -0.3 is 5.32 Å². The van der Waals surface area contributed by atoms with Crippen LogP contribution >= 0.6 is 34.7 Å². The first-order valence-electron chi connectivity index (χ1n) is 9.18. The number of nitrogens with one attached hydrogen (secondary N) is 1. The number of aryl methyl sites for hydroxylation is 2. The molecule has 2 aromatic heterocycles. The number of nitrogens with zero attached hydrogens (tertiary/aromatic N) is 2. The van der Waals surface area contributed by atoms with Gasteiger partial charge in [0.15, 0.2) is 5.16 Å². The molecule has 0 spiro atoms. The molecule has 2 aromatic carbocycles. The molecular formula is C22H18ClN3O2S2. The van der Waals surface area contributed by atoms with Gasteiger partial charge in [0.2, 0.25) is 5.91 Å². The van der Waals surface area contributed by atoms with Crippen molar-refractivity contribution in [3.05, 3.63) is 80.4 Å². The van der Waals surface area contributed by atoms with Crippen molar-refractivity contribution >= 4 is 56.5 Å². The Labute approximate surface area is 186 Å². The van der Waals surface area contributed by atoms with Crippen molar-refractivity contribution in [3.8, 4) is 5.69 Å². The molecule has 0 saturated carbocycles. The summed E-state index contributed by atoms with van der Waals surface area (Å²) in [5.74, 6) is -0.0400. The topological polar surface area (TPSA) is 64.0 Å². The first kappa shape index (κ1) is 20.7. The summed E-state index contributed by atoms with van der Waals surface area (Å²) < 4.78 is 2.08. The average molecular weight is 456 g/mol. The van der Waals surface area contributed by atoms with E-state index in [1.54, 1.807) is 24.3 Å². The number of hydrogen-bond acceptors (Lipinski definition) is 5. The van der Waals surface area contributed by atoms with Gasteiger partial charge in [0.05, 0.1) is 17.0 Å². The summed E-state index contributed by atoms with van der Waals surface area (Å²) in [5.41, 5.74) is 3.92. The van der Waals surface area contributed by atoms with E-state index in [4.69, 9.17) is 11.6 Å². The van der Waals surface area contributed by atoms with Crippen LogP contribution in [0.15, 0.2) is 63.9 Å². The number of thiophene rings is 1. The van der Waals surface area contributed by atoms with Crippen molar-refractivity contribution in [2.45, 2.75) is 19.0 Å². The third kappa shape index (κ3) is 4.28. The van der Waals surface area contributed by atoms with Gasteiger partial charge in [0, 0.05) is 10.7 Å². The minimum Gasteiger partial charge on any atom is -0.325 e. The number of rotatable bonds is 5. The number of halogens is 1. The lowest BCUT2D eigenvalue weighted by Gasteiger charge is -2.13. The van der Waals surface area contributed by atoms with Crippen molar-refractivity contribution in [1.82, 2.24) is 9.55 Å². The van der Waals surface area contributed by atoms with Crippen LogP contribution in [0.3, 0.4) is 0 Å². The van der Waals surface area contributed by atoms with E-state index in [0.717, 1.165) is 16.8 Å². The molecule has 0 aliphatic rings. The van der Waals surface area contributed by atoms with E-state index in [9.17, 15) is 9.59 Å². The van der Waals surface area contributed by atoms with E-state index in [0.29, 0.717) is 26.1 Å². The van der Waals surface area contributed by atoms with Crippen LogP contribution in [0.2, 0.25) is 5.02 Å². The minimum absolute atomic E-state index is 0.121. The molecule has 4 aromatic rings. The average Bonchev–Trinajstić information content (AvgIpc) is 3.18. The van der Waals surface area contributed by atoms with Crippen LogP contribution < -0.4 is 10.9 Å². The van der Waals surface area contributed by atoms with Crippen molar-refractivity contribution < 1.29 is 4.79 Å². The third-order valence-corrected chi connectivity index (χ3v) is 6.58. The van der Waals surface area contributed by atoms with Crippen molar-refractivity contribution in [3.63, 3.8) is 0 Å². The first-order valence-corrected chi connectivity index (χ1v) is 11.4. The molecule has 0 atom stereocenters. The van der Waals surface area contributed by atoms with E-state index in [2.05, 4.69) is 10.3 Å². The summed E-state index contributed by atoms with van der Waals surface area (Å²) in [6.45, 7) is 3.93. The van der Waals surface area contributed by atoms with Crippen molar-refractivity contribution in [1.29, 1.82) is 0 Å². The van der Waals surface area contributed by atoms with Gasteiger partial charge in [-0.2, -0.15) is 0 Å². The highest BCUT2D eigenvalue weighted by Crippen LogP contribution is 2.25. The lowest BCUT2D eigenvalue weighted by Crippen LogP contribution is -2.22. The zero-order valence-corrected chi connectivity index (χ0v) is 18.7. The van der Waals surface area contributed by atoms with Gasteiger partial charge in [0.25, 0.3) is 5.56 Å². The van der Waals surface area contributed by atoms with Gasteiger partial charge in [-0.05, 0) is 60.7 Å². The molecule has 4 rings (SSSR count). The predicted molar refractivity (Wildman–Crippen MR) is 125 cm³/mol. The fourth-order valence-electron chi connectivity index (χ4n) is 3.02. The first-order chi connectivity index (χ1) is 14.4. The molecule has 0 radical (unpaired) electrons. The number of amides is 1. The number of aromatic nitrogens is 2. The van der Waals surface area contributed by atoms with E-state index in [1.807, 2.05) is 43.5 Å². The fourth-order valence-corrected chi connectivity index (χ4v) is 4.78. The van der Waals surface area contributed by atoms with Crippen LogP contribution in [-0.4, -0.2) is 21.2 Å². The Hall–Kier alpha value is -2.61. The van der Waals surface area contributed by atoms with Crippen LogP contribution in [0.5, 0.6) is 0 Å². The molecule has 30 heavy (non-hydrogen) atoms. The van der Waals surface area contributed by atoms with Crippen molar-refractivity contribution in [2.75, 3.05) is 11.1 Å². The number of anilines is 1. The van der Waals surface area contributed by atoms with E-state index < -0.39 is 0 Å². The quantitative estimate of drug-likeness (QED) is 0.321. The summed E-state index contributed by atoms with van der Waals surface area (Å²) in [5, 5.41) is 5.75. The van der Waals surface area contributed by atoms with E-state index in [1.165, 1.54) is 27.7 Å². The molecule has 1 N–H and O–H groups in total. The molecule has 5 nitrogen and oxygen atoms in total. The van der Waals surface area contributed by atoms with Crippen LogP contribution in [0, 0.1) is 13.8 Å². The minimum atomic E-state index is -0.172. The fraction of sp³-hybridized carbons (Fsp3) is 0.136. The summed E-state index contributed by atoms with van der Waals surface area (Å²) >= 11 is 8.70. The normalized spacial score (nSPS) is 11.0. The number of thioether (sulfide) groups is 1. The molecule has 0 aliphatic heterocycles. The second-order valence-electron chi connectivity index (χ2n) is 6.81. The molecule has 0 bridgehead atoms. The molecule has 0 aliphatic carbocycles. The Kier molecular flexibility index (Phi) is 5.94. The lowest BCUT2D eigenvalue weighted by atomic mass is 10.1. The molecule has 0 fully saturated rings. The number of carbonyl (C=O) groups excluding carboxylic acids is 1. The summed E-state index contributed by atoms with van der Waals surface area (Å²) in [6, 6.07) is 14.8. The number of benzene rings is 2. The Morgan fingerprint density at radius 2 is 2.03 bits per heavy atom.